The molecule has 2 fully saturated rings. The summed E-state index contributed by atoms with van der Waals surface area (Å²) in [4.78, 5) is 21.8. The van der Waals surface area contributed by atoms with E-state index in [1.165, 1.54) is 0 Å². The molecule has 224 valence electrons. The number of carbonyl (C=O) groups is 1. The van der Waals surface area contributed by atoms with E-state index in [1.807, 2.05) is 6.07 Å². The molecule has 2 aromatic heterocycles. The van der Waals surface area contributed by atoms with Crippen LogP contribution in [0.2, 0.25) is 5.02 Å². The van der Waals surface area contributed by atoms with Crippen molar-refractivity contribution in [2.75, 3.05) is 63.4 Å². The second-order valence-corrected chi connectivity index (χ2v) is 10.4. The Labute approximate surface area is 241 Å². The third-order valence-corrected chi connectivity index (χ3v) is 6.83. The molecule has 3 unspecified atom stereocenters. The van der Waals surface area contributed by atoms with Gasteiger partial charge < -0.3 is 34.2 Å². The molecule has 2 N–H and O–H groups in total. The van der Waals surface area contributed by atoms with Crippen LogP contribution in [0.5, 0.6) is 11.8 Å². The van der Waals surface area contributed by atoms with Crippen molar-refractivity contribution in [3.63, 3.8) is 0 Å². The number of rotatable bonds is 8. The molecule has 0 radical (unpaired) electrons. The van der Waals surface area contributed by atoms with Crippen LogP contribution in [0.3, 0.4) is 0 Å². The van der Waals surface area contributed by atoms with E-state index in [4.69, 9.17) is 36.1 Å². The quantitative estimate of drug-likeness (QED) is 0.429. The SMILES string of the molecule is CC(=O)O.COCCCO.COc1cc(N2CCC(Oc3ncc(N4CCC(C)C4)cc3F)C(C)C2)c(Cl)cn1. The first-order valence-electron chi connectivity index (χ1n) is 13.4. The maximum atomic E-state index is 14.7. The van der Waals surface area contributed by atoms with Gasteiger partial charge in [0.15, 0.2) is 5.82 Å². The fourth-order valence-corrected chi connectivity index (χ4v) is 4.70. The molecule has 0 saturated carbocycles. The largest absolute Gasteiger partial charge is 0.481 e. The summed E-state index contributed by atoms with van der Waals surface area (Å²) in [5.74, 6) is 0.181. The number of carboxylic acid groups (broad SMARTS) is 1. The van der Waals surface area contributed by atoms with E-state index in [0.717, 1.165) is 63.7 Å². The molecule has 4 heterocycles. The standard InChI is InChI=1S/C22H28ClFN4O2.C4H10O2.C2H4O2/c1-14-4-6-27(12-14)16-8-18(24)22(26-10-16)30-20-5-7-28(13-15(20)2)19-9-21(29-3)25-11-17(19)23;1-6-4-2-3-5;1-2(3)4/h8-11,14-15,20H,4-7,12-13H2,1-3H3;5H,2-4H2,1H3;1H3,(H,3,4). The lowest BCUT2D eigenvalue weighted by Crippen LogP contribution is -2.44. The summed E-state index contributed by atoms with van der Waals surface area (Å²) in [5, 5.41) is 16.1. The summed E-state index contributed by atoms with van der Waals surface area (Å²) >= 11 is 6.34. The van der Waals surface area contributed by atoms with Gasteiger partial charge in [-0.2, -0.15) is 0 Å². The van der Waals surface area contributed by atoms with E-state index >= 15 is 0 Å². The zero-order valence-electron chi connectivity index (χ0n) is 24.0. The van der Waals surface area contributed by atoms with Gasteiger partial charge in [0.05, 0.1) is 35.9 Å². The normalized spacial score (nSPS) is 20.1. The first kappa shape index (κ1) is 33.3. The van der Waals surface area contributed by atoms with Crippen LogP contribution in [0.1, 0.15) is 40.0 Å². The summed E-state index contributed by atoms with van der Waals surface area (Å²) < 4.78 is 30.5. The molecule has 10 nitrogen and oxygen atoms in total. The number of aliphatic hydroxyl groups is 1. The lowest BCUT2D eigenvalue weighted by molar-refractivity contribution is -0.134. The number of ether oxygens (including phenoxy) is 3. The van der Waals surface area contributed by atoms with E-state index in [-0.39, 0.29) is 24.5 Å². The van der Waals surface area contributed by atoms with Crippen molar-refractivity contribution in [1.82, 2.24) is 9.97 Å². The Hall–Kier alpha value is -2.89. The number of methoxy groups -OCH3 is 2. The average molecular weight is 585 g/mol. The number of nitrogens with zero attached hydrogens (tertiary/aromatic N) is 4. The van der Waals surface area contributed by atoms with Crippen LogP contribution in [0, 0.1) is 17.7 Å². The highest BCUT2D eigenvalue weighted by Crippen LogP contribution is 2.33. The van der Waals surface area contributed by atoms with Gasteiger partial charge in [-0.25, -0.2) is 14.4 Å². The molecule has 2 aliphatic rings. The molecule has 40 heavy (non-hydrogen) atoms. The minimum absolute atomic E-state index is 0.0832. The van der Waals surface area contributed by atoms with Gasteiger partial charge in [0.2, 0.25) is 5.88 Å². The van der Waals surface area contributed by atoms with Crippen LogP contribution in [-0.4, -0.2) is 85.9 Å². The fourth-order valence-electron chi connectivity index (χ4n) is 4.48. The molecule has 0 aliphatic carbocycles. The number of pyridine rings is 2. The summed E-state index contributed by atoms with van der Waals surface area (Å²) in [7, 11) is 3.20. The van der Waals surface area contributed by atoms with Gasteiger partial charge in [-0.1, -0.05) is 25.4 Å². The van der Waals surface area contributed by atoms with E-state index in [2.05, 4.69) is 38.4 Å². The fraction of sp³-hybridized carbons (Fsp3) is 0.607. The lowest BCUT2D eigenvalue weighted by Gasteiger charge is -2.38. The molecule has 12 heteroatoms. The van der Waals surface area contributed by atoms with Crippen LogP contribution in [0.15, 0.2) is 24.5 Å². The van der Waals surface area contributed by atoms with Crippen molar-refractivity contribution in [1.29, 1.82) is 0 Å². The topological polar surface area (TPSA) is 117 Å². The van der Waals surface area contributed by atoms with Gasteiger partial charge in [0.1, 0.15) is 6.10 Å². The first-order valence-corrected chi connectivity index (χ1v) is 13.8. The molecule has 0 aromatic carbocycles. The van der Waals surface area contributed by atoms with E-state index in [1.54, 1.807) is 32.7 Å². The van der Waals surface area contributed by atoms with Crippen LogP contribution in [0.4, 0.5) is 15.8 Å². The van der Waals surface area contributed by atoms with Gasteiger partial charge in [-0.05, 0) is 18.8 Å². The smallest absolute Gasteiger partial charge is 0.300 e. The van der Waals surface area contributed by atoms with Crippen molar-refractivity contribution < 1.29 is 33.6 Å². The highest BCUT2D eigenvalue weighted by molar-refractivity contribution is 6.33. The number of carboxylic acids is 1. The Kier molecular flexibility index (Phi) is 14.2. The summed E-state index contributed by atoms with van der Waals surface area (Å²) in [6.45, 7) is 9.66. The van der Waals surface area contributed by atoms with Gasteiger partial charge >= 0.3 is 0 Å². The highest BCUT2D eigenvalue weighted by atomic mass is 35.5. The van der Waals surface area contributed by atoms with Crippen molar-refractivity contribution in [2.45, 2.75) is 46.1 Å². The second-order valence-electron chi connectivity index (χ2n) is 9.96. The van der Waals surface area contributed by atoms with Crippen molar-refractivity contribution in [3.05, 3.63) is 35.4 Å². The Morgan fingerprint density at radius 2 is 1.82 bits per heavy atom. The molecule has 0 spiro atoms. The molecule has 0 bridgehead atoms. The van der Waals surface area contributed by atoms with Crippen molar-refractivity contribution >= 4 is 28.9 Å². The molecule has 2 aliphatic heterocycles. The van der Waals surface area contributed by atoms with Gasteiger partial charge in [-0.15, -0.1) is 0 Å². The van der Waals surface area contributed by atoms with Crippen molar-refractivity contribution in [3.8, 4) is 11.8 Å². The Morgan fingerprint density at radius 3 is 2.35 bits per heavy atom. The number of hydrogen-bond donors (Lipinski definition) is 2. The Bertz CT molecular complexity index is 1060. The van der Waals surface area contributed by atoms with Gasteiger partial charge in [0.25, 0.3) is 11.8 Å². The number of hydrogen-bond acceptors (Lipinski definition) is 9. The average Bonchev–Trinajstić information content (AvgIpc) is 3.36. The van der Waals surface area contributed by atoms with Crippen LogP contribution in [-0.2, 0) is 9.53 Å². The summed E-state index contributed by atoms with van der Waals surface area (Å²) in [5.41, 5.74) is 1.72. The van der Waals surface area contributed by atoms with Crippen LogP contribution >= 0.6 is 11.6 Å². The third-order valence-electron chi connectivity index (χ3n) is 6.54. The highest BCUT2D eigenvalue weighted by Gasteiger charge is 2.30. The van der Waals surface area contributed by atoms with Crippen LogP contribution in [0.25, 0.3) is 0 Å². The minimum Gasteiger partial charge on any atom is -0.481 e. The molecule has 3 atom stereocenters. The Morgan fingerprint density at radius 1 is 1.12 bits per heavy atom. The Balaban J connectivity index is 0.000000482. The van der Waals surface area contributed by atoms with Crippen LogP contribution < -0.4 is 19.3 Å². The minimum atomic E-state index is -0.833. The number of aliphatic carboxylic acids is 1. The predicted octanol–water partition coefficient (Wildman–Crippen LogP) is 4.52. The van der Waals surface area contributed by atoms with E-state index in [9.17, 15) is 4.39 Å². The molecular formula is C28H42ClFN4O6. The molecular weight excluding hydrogens is 543 g/mol. The summed E-state index contributed by atoms with van der Waals surface area (Å²) in [6, 6.07) is 3.39. The number of aromatic nitrogens is 2. The zero-order valence-corrected chi connectivity index (χ0v) is 24.7. The lowest BCUT2D eigenvalue weighted by atomic mass is 9.96. The molecule has 2 aromatic rings. The summed E-state index contributed by atoms with van der Waals surface area (Å²) in [6.07, 6.45) is 5.84. The number of piperidine rings is 1. The number of aliphatic hydroxyl groups excluding tert-OH is 1. The monoisotopic (exact) mass is 584 g/mol. The number of anilines is 2. The van der Waals surface area contributed by atoms with Crippen molar-refractivity contribution in [2.24, 2.45) is 11.8 Å². The molecule has 2 saturated heterocycles. The second kappa shape index (κ2) is 17.0. The van der Waals surface area contributed by atoms with Gasteiger partial charge in [-0.3, -0.25) is 4.79 Å². The molecule has 4 rings (SSSR count). The predicted molar refractivity (Wildman–Crippen MR) is 153 cm³/mol. The third kappa shape index (κ3) is 10.6. The molecule has 0 amide bonds. The maximum absolute atomic E-state index is 14.7. The van der Waals surface area contributed by atoms with E-state index in [0.29, 0.717) is 23.4 Å². The van der Waals surface area contributed by atoms with E-state index < -0.39 is 11.8 Å². The first-order chi connectivity index (χ1) is 19.1. The number of halogens is 2. The maximum Gasteiger partial charge on any atom is 0.300 e. The van der Waals surface area contributed by atoms with Gasteiger partial charge in [0, 0.05) is 77.9 Å². The zero-order chi connectivity index (χ0) is 29.7.